The Labute approximate surface area is 115 Å². The average molecular weight is 254 g/mol. The molecule has 0 aliphatic heterocycles. The number of carbonyl (C=O) groups excluding carboxylic acids is 1. The van der Waals surface area contributed by atoms with Gasteiger partial charge in [-0.15, -0.1) is 0 Å². The van der Waals surface area contributed by atoms with Gasteiger partial charge >= 0.3 is 0 Å². The van der Waals surface area contributed by atoms with E-state index in [2.05, 4.69) is 30.3 Å². The molecule has 0 radical (unpaired) electrons. The van der Waals surface area contributed by atoms with Crippen LogP contribution in [-0.4, -0.2) is 5.78 Å². The standard InChI is InChI=1S/C18H22O/c19-17-13-7-12-16(14-8-3-1-4-9-14)18(17)15-10-5-2-6-11-15/h1,3-4,8-9,15H,2,5-7,10-13H2. The van der Waals surface area contributed by atoms with Crippen LogP contribution in [0.5, 0.6) is 0 Å². The fourth-order valence-electron chi connectivity index (χ4n) is 3.67. The Morgan fingerprint density at radius 1 is 0.842 bits per heavy atom. The lowest BCUT2D eigenvalue weighted by Crippen LogP contribution is -2.21. The molecule has 0 heterocycles. The van der Waals surface area contributed by atoms with Gasteiger partial charge in [-0.3, -0.25) is 4.79 Å². The van der Waals surface area contributed by atoms with Crippen molar-refractivity contribution in [3.8, 4) is 0 Å². The molecule has 3 rings (SSSR count). The summed E-state index contributed by atoms with van der Waals surface area (Å²) in [5.41, 5.74) is 3.82. The number of hydrogen-bond donors (Lipinski definition) is 0. The molecule has 0 N–H and O–H groups in total. The van der Waals surface area contributed by atoms with E-state index < -0.39 is 0 Å². The van der Waals surface area contributed by atoms with Crippen molar-refractivity contribution < 1.29 is 4.79 Å². The number of benzene rings is 1. The van der Waals surface area contributed by atoms with E-state index in [1.54, 1.807) is 0 Å². The molecule has 0 unspecified atom stereocenters. The lowest BCUT2D eigenvalue weighted by atomic mass is 9.75. The molecule has 1 fully saturated rings. The van der Waals surface area contributed by atoms with Crippen molar-refractivity contribution in [1.29, 1.82) is 0 Å². The molecular weight excluding hydrogens is 232 g/mol. The van der Waals surface area contributed by atoms with Crippen molar-refractivity contribution in [1.82, 2.24) is 0 Å². The average Bonchev–Trinajstić information content (AvgIpc) is 2.49. The topological polar surface area (TPSA) is 17.1 Å². The van der Waals surface area contributed by atoms with E-state index in [0.29, 0.717) is 11.7 Å². The van der Waals surface area contributed by atoms with E-state index in [-0.39, 0.29) is 0 Å². The number of Topliss-reactive ketones (excluding diaryl/α,β-unsaturated/α-hetero) is 1. The molecule has 2 aliphatic rings. The van der Waals surface area contributed by atoms with Crippen LogP contribution in [0.3, 0.4) is 0 Å². The van der Waals surface area contributed by atoms with Crippen molar-refractivity contribution in [3.05, 3.63) is 41.5 Å². The van der Waals surface area contributed by atoms with E-state index in [1.807, 2.05) is 0 Å². The third-order valence-electron chi connectivity index (χ3n) is 4.59. The molecule has 19 heavy (non-hydrogen) atoms. The summed E-state index contributed by atoms with van der Waals surface area (Å²) in [6, 6.07) is 10.5. The maximum Gasteiger partial charge on any atom is 0.159 e. The summed E-state index contributed by atoms with van der Waals surface area (Å²) in [5.74, 6) is 0.966. The van der Waals surface area contributed by atoms with Crippen LogP contribution in [0.25, 0.3) is 5.57 Å². The summed E-state index contributed by atoms with van der Waals surface area (Å²) in [6.07, 6.45) is 9.25. The fourth-order valence-corrected chi connectivity index (χ4v) is 3.67. The zero-order valence-corrected chi connectivity index (χ0v) is 11.5. The minimum atomic E-state index is 0.428. The third-order valence-corrected chi connectivity index (χ3v) is 4.59. The van der Waals surface area contributed by atoms with Crippen molar-refractivity contribution in [3.63, 3.8) is 0 Å². The molecule has 1 aromatic rings. The highest BCUT2D eigenvalue weighted by molar-refractivity contribution is 6.04. The SMILES string of the molecule is O=C1CCCC(c2ccccc2)=C1C1CCCCC1. The minimum Gasteiger partial charge on any atom is -0.295 e. The van der Waals surface area contributed by atoms with Crippen LogP contribution >= 0.6 is 0 Å². The number of carbonyl (C=O) groups is 1. The predicted molar refractivity (Wildman–Crippen MR) is 78.8 cm³/mol. The van der Waals surface area contributed by atoms with Crippen LogP contribution in [0.4, 0.5) is 0 Å². The second-order valence-corrected chi connectivity index (χ2v) is 5.87. The van der Waals surface area contributed by atoms with Gasteiger partial charge in [0, 0.05) is 12.0 Å². The maximum absolute atomic E-state index is 12.4. The molecule has 1 aromatic carbocycles. The molecule has 1 saturated carbocycles. The molecule has 1 heteroatoms. The van der Waals surface area contributed by atoms with Gasteiger partial charge in [0.15, 0.2) is 5.78 Å². The van der Waals surface area contributed by atoms with Gasteiger partial charge in [0.2, 0.25) is 0 Å². The first-order chi connectivity index (χ1) is 9.36. The smallest absolute Gasteiger partial charge is 0.159 e. The fraction of sp³-hybridized carbons (Fsp3) is 0.500. The summed E-state index contributed by atoms with van der Waals surface area (Å²) in [6.45, 7) is 0. The first-order valence-electron chi connectivity index (χ1n) is 7.68. The van der Waals surface area contributed by atoms with E-state index in [0.717, 1.165) is 19.3 Å². The normalized spacial score (nSPS) is 21.8. The number of rotatable bonds is 2. The zero-order chi connectivity index (χ0) is 13.1. The summed E-state index contributed by atoms with van der Waals surface area (Å²) in [5, 5.41) is 0. The first-order valence-corrected chi connectivity index (χ1v) is 7.68. The van der Waals surface area contributed by atoms with Crippen LogP contribution in [0, 0.1) is 5.92 Å². The van der Waals surface area contributed by atoms with Gasteiger partial charge in [0.05, 0.1) is 0 Å². The van der Waals surface area contributed by atoms with Crippen molar-refractivity contribution in [2.75, 3.05) is 0 Å². The first kappa shape index (κ1) is 12.7. The lowest BCUT2D eigenvalue weighted by molar-refractivity contribution is -0.116. The Morgan fingerprint density at radius 3 is 2.32 bits per heavy atom. The molecule has 0 atom stereocenters. The third kappa shape index (κ3) is 2.65. The van der Waals surface area contributed by atoms with Crippen LogP contribution in [-0.2, 0) is 4.79 Å². The van der Waals surface area contributed by atoms with Gasteiger partial charge < -0.3 is 0 Å². The van der Waals surface area contributed by atoms with E-state index in [4.69, 9.17) is 0 Å². The Kier molecular flexibility index (Phi) is 3.82. The molecule has 1 nitrogen and oxygen atoms in total. The van der Waals surface area contributed by atoms with E-state index in [1.165, 1.54) is 48.8 Å². The second kappa shape index (κ2) is 5.73. The Hall–Kier alpha value is -1.37. The van der Waals surface area contributed by atoms with Crippen molar-refractivity contribution >= 4 is 11.4 Å². The summed E-state index contributed by atoms with van der Waals surface area (Å²) in [4.78, 5) is 12.4. The summed E-state index contributed by atoms with van der Waals surface area (Å²) >= 11 is 0. The largest absolute Gasteiger partial charge is 0.295 e. The highest BCUT2D eigenvalue weighted by atomic mass is 16.1. The number of ketones is 1. The zero-order valence-electron chi connectivity index (χ0n) is 11.5. The molecule has 0 amide bonds. The summed E-state index contributed by atoms with van der Waals surface area (Å²) in [7, 11) is 0. The number of allylic oxidation sites excluding steroid dienone is 2. The van der Waals surface area contributed by atoms with Crippen LogP contribution < -0.4 is 0 Å². The number of hydrogen-bond acceptors (Lipinski definition) is 1. The van der Waals surface area contributed by atoms with E-state index in [9.17, 15) is 4.79 Å². The van der Waals surface area contributed by atoms with Crippen LogP contribution in [0.1, 0.15) is 56.9 Å². The van der Waals surface area contributed by atoms with E-state index >= 15 is 0 Å². The molecule has 0 aromatic heterocycles. The quantitative estimate of drug-likeness (QED) is 0.742. The molecule has 2 aliphatic carbocycles. The molecule has 0 saturated heterocycles. The van der Waals surface area contributed by atoms with Crippen molar-refractivity contribution in [2.45, 2.75) is 51.4 Å². The van der Waals surface area contributed by atoms with Crippen molar-refractivity contribution in [2.24, 2.45) is 5.92 Å². The Morgan fingerprint density at radius 2 is 1.58 bits per heavy atom. The van der Waals surface area contributed by atoms with Gasteiger partial charge in [-0.1, -0.05) is 49.6 Å². The molecule has 0 spiro atoms. The maximum atomic E-state index is 12.4. The Bertz CT molecular complexity index is 478. The molecule has 100 valence electrons. The van der Waals surface area contributed by atoms with Crippen LogP contribution in [0.15, 0.2) is 35.9 Å². The molecule has 0 bridgehead atoms. The second-order valence-electron chi connectivity index (χ2n) is 5.87. The van der Waals surface area contributed by atoms with Gasteiger partial charge in [0.25, 0.3) is 0 Å². The lowest BCUT2D eigenvalue weighted by Gasteiger charge is -2.29. The van der Waals surface area contributed by atoms with Gasteiger partial charge in [-0.25, -0.2) is 0 Å². The highest BCUT2D eigenvalue weighted by Gasteiger charge is 2.28. The predicted octanol–water partition coefficient (Wildman–Crippen LogP) is 4.77. The van der Waals surface area contributed by atoms with Gasteiger partial charge in [-0.2, -0.15) is 0 Å². The minimum absolute atomic E-state index is 0.428. The van der Waals surface area contributed by atoms with Gasteiger partial charge in [0.1, 0.15) is 0 Å². The summed E-state index contributed by atoms with van der Waals surface area (Å²) < 4.78 is 0. The Balaban J connectivity index is 2.01. The monoisotopic (exact) mass is 254 g/mol. The highest BCUT2D eigenvalue weighted by Crippen LogP contribution is 2.39. The van der Waals surface area contributed by atoms with Gasteiger partial charge in [-0.05, 0) is 42.7 Å². The molecular formula is C18H22O. The van der Waals surface area contributed by atoms with Crippen LogP contribution in [0.2, 0.25) is 0 Å².